The summed E-state index contributed by atoms with van der Waals surface area (Å²) in [5.41, 5.74) is 2.33. The molecule has 2 fully saturated rings. The van der Waals surface area contributed by atoms with Crippen LogP contribution in [0.25, 0.3) is 0 Å². The zero-order chi connectivity index (χ0) is 18.9. The maximum absolute atomic E-state index is 13.6. The molecule has 0 aromatic heterocycles. The molecule has 1 aliphatic carbocycles. The van der Waals surface area contributed by atoms with Crippen molar-refractivity contribution in [3.63, 3.8) is 0 Å². The number of amides is 1. The zero-order valence-corrected chi connectivity index (χ0v) is 17.9. The van der Waals surface area contributed by atoms with Crippen LogP contribution >= 0.6 is 12.4 Å². The molecule has 1 saturated carbocycles. The molecule has 1 amide bonds. The third-order valence-electron chi connectivity index (χ3n) is 6.63. The van der Waals surface area contributed by atoms with E-state index in [1.54, 1.807) is 0 Å². The molecule has 0 unspecified atom stereocenters. The number of nitrogens with one attached hydrogen (secondary N) is 1. The van der Waals surface area contributed by atoms with Crippen molar-refractivity contribution in [2.75, 3.05) is 32.8 Å². The van der Waals surface area contributed by atoms with Crippen LogP contribution in [0.15, 0.2) is 12.1 Å². The van der Waals surface area contributed by atoms with Crippen LogP contribution in [-0.4, -0.2) is 43.7 Å². The first-order valence-corrected chi connectivity index (χ1v) is 10.6. The van der Waals surface area contributed by atoms with E-state index in [2.05, 4.69) is 22.3 Å². The van der Waals surface area contributed by atoms with Gasteiger partial charge in [0.2, 0.25) is 5.91 Å². The first kappa shape index (κ1) is 21.3. The highest BCUT2D eigenvalue weighted by Crippen LogP contribution is 2.46. The van der Waals surface area contributed by atoms with Gasteiger partial charge in [0.1, 0.15) is 0 Å². The number of hydrogen-bond acceptors (Lipinski definition) is 4. The molecular formula is C22H33ClN2O3. The monoisotopic (exact) mass is 408 g/mol. The zero-order valence-electron chi connectivity index (χ0n) is 17.1. The lowest BCUT2D eigenvalue weighted by molar-refractivity contribution is -0.146. The molecule has 1 N–H and O–H groups in total. The van der Waals surface area contributed by atoms with Crippen LogP contribution in [0.5, 0.6) is 11.5 Å². The predicted molar refractivity (Wildman–Crippen MR) is 112 cm³/mol. The molecule has 6 heteroatoms. The minimum absolute atomic E-state index is 0. The molecule has 2 heterocycles. The number of carbonyl (C=O) groups is 1. The Hall–Kier alpha value is -1.46. The van der Waals surface area contributed by atoms with Crippen LogP contribution in [-0.2, 0) is 17.8 Å². The van der Waals surface area contributed by atoms with Crippen LogP contribution in [0.3, 0.4) is 0 Å². The van der Waals surface area contributed by atoms with Gasteiger partial charge in [0, 0.05) is 19.6 Å². The van der Waals surface area contributed by atoms with Crippen molar-refractivity contribution in [2.24, 2.45) is 11.3 Å². The van der Waals surface area contributed by atoms with Crippen LogP contribution in [0.4, 0.5) is 0 Å². The second kappa shape index (κ2) is 8.91. The number of halogens is 1. The predicted octanol–water partition coefficient (Wildman–Crippen LogP) is 3.57. The third kappa shape index (κ3) is 3.71. The lowest BCUT2D eigenvalue weighted by Gasteiger charge is -2.42. The van der Waals surface area contributed by atoms with Crippen molar-refractivity contribution >= 4 is 18.3 Å². The second-order valence-electron chi connectivity index (χ2n) is 8.14. The lowest BCUT2D eigenvalue weighted by Crippen LogP contribution is -2.51. The number of ether oxygens (including phenoxy) is 2. The van der Waals surface area contributed by atoms with Crippen LogP contribution in [0, 0.1) is 11.3 Å². The number of rotatable bonds is 5. The molecule has 28 heavy (non-hydrogen) atoms. The van der Waals surface area contributed by atoms with Gasteiger partial charge in [-0.3, -0.25) is 4.79 Å². The molecular weight excluding hydrogens is 376 g/mol. The van der Waals surface area contributed by atoms with Crippen LogP contribution in [0.1, 0.15) is 50.7 Å². The van der Waals surface area contributed by atoms with E-state index >= 15 is 0 Å². The number of benzene rings is 1. The summed E-state index contributed by atoms with van der Waals surface area (Å²) in [7, 11) is 0. The summed E-state index contributed by atoms with van der Waals surface area (Å²) in [6, 6.07) is 4.21. The normalized spacial score (nSPS) is 26.1. The van der Waals surface area contributed by atoms with E-state index in [4.69, 9.17) is 9.47 Å². The second-order valence-corrected chi connectivity index (χ2v) is 8.14. The van der Waals surface area contributed by atoms with Gasteiger partial charge in [0.25, 0.3) is 0 Å². The highest BCUT2D eigenvalue weighted by Gasteiger charge is 2.51. The largest absolute Gasteiger partial charge is 0.490 e. The van der Waals surface area contributed by atoms with E-state index < -0.39 is 0 Å². The Morgan fingerprint density at radius 1 is 1.18 bits per heavy atom. The molecule has 0 spiro atoms. The van der Waals surface area contributed by atoms with Gasteiger partial charge in [-0.05, 0) is 68.8 Å². The summed E-state index contributed by atoms with van der Waals surface area (Å²) in [5, 5.41) is 3.51. The molecule has 1 aromatic carbocycles. The van der Waals surface area contributed by atoms with E-state index in [0.717, 1.165) is 44.0 Å². The van der Waals surface area contributed by atoms with Crippen LogP contribution < -0.4 is 14.8 Å². The molecule has 4 rings (SSSR count). The first-order valence-electron chi connectivity index (χ1n) is 10.6. The summed E-state index contributed by atoms with van der Waals surface area (Å²) in [6.45, 7) is 8.56. The Morgan fingerprint density at radius 2 is 1.89 bits per heavy atom. The fourth-order valence-electron chi connectivity index (χ4n) is 5.26. The summed E-state index contributed by atoms with van der Waals surface area (Å²) < 4.78 is 11.6. The van der Waals surface area contributed by atoms with E-state index in [1.165, 1.54) is 30.4 Å². The minimum Gasteiger partial charge on any atom is -0.490 e. The molecule has 2 aliphatic heterocycles. The Morgan fingerprint density at radius 3 is 2.61 bits per heavy atom. The average Bonchev–Trinajstić information content (AvgIpc) is 3.13. The lowest BCUT2D eigenvalue weighted by atomic mass is 9.67. The Kier molecular flexibility index (Phi) is 6.77. The molecule has 0 bridgehead atoms. The Labute approximate surface area is 174 Å². The van der Waals surface area contributed by atoms with Gasteiger partial charge in [-0.25, -0.2) is 0 Å². The van der Waals surface area contributed by atoms with Gasteiger partial charge in [-0.15, -0.1) is 12.4 Å². The molecule has 1 saturated heterocycles. The van der Waals surface area contributed by atoms with Crippen molar-refractivity contribution in [1.82, 2.24) is 10.2 Å². The van der Waals surface area contributed by atoms with Gasteiger partial charge >= 0.3 is 0 Å². The fraction of sp³-hybridized carbons (Fsp3) is 0.682. The minimum atomic E-state index is -0.163. The van der Waals surface area contributed by atoms with E-state index in [0.29, 0.717) is 31.6 Å². The number of nitrogens with zero attached hydrogens (tertiary/aromatic N) is 1. The summed E-state index contributed by atoms with van der Waals surface area (Å²) in [5.74, 6) is 2.50. The quantitative estimate of drug-likeness (QED) is 0.809. The van der Waals surface area contributed by atoms with Gasteiger partial charge in [-0.2, -0.15) is 0 Å². The number of carbonyl (C=O) groups excluding carboxylic acids is 1. The molecule has 0 radical (unpaired) electrons. The van der Waals surface area contributed by atoms with Crippen LogP contribution in [0.2, 0.25) is 0 Å². The summed E-state index contributed by atoms with van der Waals surface area (Å²) in [6.07, 6.45) is 5.57. The van der Waals surface area contributed by atoms with Gasteiger partial charge in [0.05, 0.1) is 18.6 Å². The van der Waals surface area contributed by atoms with E-state index in [1.807, 2.05) is 13.8 Å². The Bertz CT molecular complexity index is 711. The van der Waals surface area contributed by atoms with E-state index in [-0.39, 0.29) is 17.8 Å². The van der Waals surface area contributed by atoms with Crippen molar-refractivity contribution in [2.45, 2.75) is 52.5 Å². The van der Waals surface area contributed by atoms with Crippen molar-refractivity contribution in [3.05, 3.63) is 23.3 Å². The Balaban J connectivity index is 0.00000225. The maximum atomic E-state index is 13.6. The molecule has 5 nitrogen and oxygen atoms in total. The summed E-state index contributed by atoms with van der Waals surface area (Å²) in [4.78, 5) is 15.7. The van der Waals surface area contributed by atoms with Crippen molar-refractivity contribution < 1.29 is 14.3 Å². The van der Waals surface area contributed by atoms with Crippen molar-refractivity contribution in [1.29, 1.82) is 0 Å². The standard InChI is InChI=1S/C22H32N2O3.ClH/c1-3-26-19-11-16-8-10-24(14-17(16)12-20(19)27-4-2)21(25)22-9-6-5-7-18(22)13-23-15-22;/h11-12,18,23H,3-10,13-15H2,1-2H3;1H/t18-,22+;/m0./s1. The third-order valence-corrected chi connectivity index (χ3v) is 6.63. The SMILES string of the molecule is CCOc1cc2c(cc1OCC)CN(C(=O)[C@@]13CCCC[C@H]1CNC3)CC2.Cl. The number of fused-ring (bicyclic) bond motifs is 2. The first-order chi connectivity index (χ1) is 13.2. The molecule has 3 aliphatic rings. The van der Waals surface area contributed by atoms with Gasteiger partial charge in [0.15, 0.2) is 11.5 Å². The van der Waals surface area contributed by atoms with Gasteiger partial charge in [-0.1, -0.05) is 12.8 Å². The topological polar surface area (TPSA) is 50.8 Å². The molecule has 2 atom stereocenters. The smallest absolute Gasteiger partial charge is 0.230 e. The summed E-state index contributed by atoms with van der Waals surface area (Å²) >= 11 is 0. The van der Waals surface area contributed by atoms with Crippen molar-refractivity contribution in [3.8, 4) is 11.5 Å². The highest BCUT2D eigenvalue weighted by atomic mass is 35.5. The number of hydrogen-bond donors (Lipinski definition) is 1. The highest BCUT2D eigenvalue weighted by molar-refractivity contribution is 5.85. The maximum Gasteiger partial charge on any atom is 0.230 e. The fourth-order valence-corrected chi connectivity index (χ4v) is 5.26. The van der Waals surface area contributed by atoms with E-state index in [9.17, 15) is 4.79 Å². The van der Waals surface area contributed by atoms with Gasteiger partial charge < -0.3 is 19.7 Å². The molecule has 156 valence electrons. The average molecular weight is 409 g/mol. The molecule has 1 aromatic rings.